The average Bonchev–Trinajstić information content (AvgIpc) is 2.38. The van der Waals surface area contributed by atoms with Crippen molar-refractivity contribution in [2.45, 2.75) is 6.42 Å². The first-order chi connectivity index (χ1) is 3.87. The average molecular weight is 150 g/mol. The van der Waals surface area contributed by atoms with Crippen LogP contribution in [0, 0.1) is 11.3 Å². The maximum atomic E-state index is 5.53. The second kappa shape index (κ2) is 2.11. The van der Waals surface area contributed by atoms with E-state index in [0.29, 0.717) is 5.41 Å². The first-order valence-electron chi connectivity index (χ1n) is 3.15. The Bertz CT molecular complexity index is 116. The molecule has 2 N–H and O–H groups in total. The Kier molecular flexibility index (Phi) is 1.72. The molecule has 1 heterocycles. The second-order valence-electron chi connectivity index (χ2n) is 2.98. The molecular formula is C6H12ClNO. The minimum absolute atomic E-state index is 0. The number of hydrogen-bond acceptors (Lipinski definition) is 2. The molecule has 9 heavy (non-hydrogen) atoms. The molecule has 2 nitrogen and oxygen atoms in total. The van der Waals surface area contributed by atoms with Gasteiger partial charge in [-0.3, -0.25) is 0 Å². The molecule has 0 unspecified atom stereocenters. The monoisotopic (exact) mass is 149 g/mol. The van der Waals surface area contributed by atoms with E-state index in [9.17, 15) is 0 Å². The van der Waals surface area contributed by atoms with E-state index in [1.54, 1.807) is 0 Å². The Morgan fingerprint density at radius 3 is 2.67 bits per heavy atom. The Labute approximate surface area is 61.2 Å². The molecule has 0 aromatic carbocycles. The molecule has 0 radical (unpaired) electrons. The van der Waals surface area contributed by atoms with Crippen molar-refractivity contribution < 1.29 is 4.74 Å². The van der Waals surface area contributed by atoms with Crippen molar-refractivity contribution >= 4 is 12.4 Å². The molecule has 0 aromatic rings. The third-order valence-corrected chi connectivity index (χ3v) is 2.47. The van der Waals surface area contributed by atoms with Gasteiger partial charge in [0.1, 0.15) is 0 Å². The highest BCUT2D eigenvalue weighted by atomic mass is 35.5. The molecule has 2 aliphatic rings. The van der Waals surface area contributed by atoms with E-state index >= 15 is 0 Å². The first-order valence-corrected chi connectivity index (χ1v) is 3.15. The lowest BCUT2D eigenvalue weighted by atomic mass is 10.1. The molecule has 0 aromatic heterocycles. The van der Waals surface area contributed by atoms with Crippen LogP contribution in [0.1, 0.15) is 6.42 Å². The van der Waals surface area contributed by atoms with Gasteiger partial charge >= 0.3 is 0 Å². The van der Waals surface area contributed by atoms with E-state index in [1.807, 2.05) is 0 Å². The summed E-state index contributed by atoms with van der Waals surface area (Å²) < 4.78 is 5.22. The van der Waals surface area contributed by atoms with E-state index in [0.717, 1.165) is 25.7 Å². The molecule has 0 bridgehead atoms. The van der Waals surface area contributed by atoms with E-state index in [-0.39, 0.29) is 12.4 Å². The molecule has 0 spiro atoms. The molecule has 3 heteroatoms. The number of hydrogen-bond donors (Lipinski definition) is 1. The quantitative estimate of drug-likeness (QED) is 0.586. The fourth-order valence-corrected chi connectivity index (χ4v) is 1.56. The van der Waals surface area contributed by atoms with Crippen LogP contribution in [0.5, 0.6) is 0 Å². The van der Waals surface area contributed by atoms with Gasteiger partial charge < -0.3 is 10.5 Å². The molecule has 54 valence electrons. The number of rotatable bonds is 1. The predicted octanol–water partition coefficient (Wildman–Crippen LogP) is 0.403. The van der Waals surface area contributed by atoms with Crippen LogP contribution in [0.4, 0.5) is 0 Å². The Hall–Kier alpha value is 0.210. The standard InChI is InChI=1S/C6H11NO.ClH/c7-3-6-1-5(6)2-8-4-6;/h5H,1-4,7H2;1H/t5-,6-;/m1./s1. The lowest BCUT2D eigenvalue weighted by Gasteiger charge is -2.03. The molecule has 1 aliphatic carbocycles. The Balaban J connectivity index is 0.000000405. The van der Waals surface area contributed by atoms with Crippen LogP contribution in [0.25, 0.3) is 0 Å². The van der Waals surface area contributed by atoms with E-state index in [1.165, 1.54) is 6.42 Å². The maximum Gasteiger partial charge on any atom is 0.0538 e. The van der Waals surface area contributed by atoms with Gasteiger partial charge in [0.15, 0.2) is 0 Å². The highest BCUT2D eigenvalue weighted by Crippen LogP contribution is 2.55. The van der Waals surface area contributed by atoms with Gasteiger partial charge in [0, 0.05) is 12.0 Å². The van der Waals surface area contributed by atoms with Crippen LogP contribution in [0.15, 0.2) is 0 Å². The topological polar surface area (TPSA) is 35.2 Å². The lowest BCUT2D eigenvalue weighted by Crippen LogP contribution is -2.18. The van der Waals surface area contributed by atoms with Crippen LogP contribution in [-0.4, -0.2) is 19.8 Å². The second-order valence-corrected chi connectivity index (χ2v) is 2.98. The molecule has 2 fully saturated rings. The van der Waals surface area contributed by atoms with Crippen molar-refractivity contribution in [2.24, 2.45) is 17.1 Å². The smallest absolute Gasteiger partial charge is 0.0538 e. The number of halogens is 1. The van der Waals surface area contributed by atoms with Crippen LogP contribution in [0.3, 0.4) is 0 Å². The van der Waals surface area contributed by atoms with E-state index in [2.05, 4.69) is 0 Å². The van der Waals surface area contributed by atoms with Crippen molar-refractivity contribution in [3.8, 4) is 0 Å². The van der Waals surface area contributed by atoms with E-state index < -0.39 is 0 Å². The summed E-state index contributed by atoms with van der Waals surface area (Å²) in [5.74, 6) is 0.826. The molecule has 1 saturated carbocycles. The lowest BCUT2D eigenvalue weighted by molar-refractivity contribution is 0.148. The molecule has 0 amide bonds. The van der Waals surface area contributed by atoms with Crippen molar-refractivity contribution in [2.75, 3.05) is 19.8 Å². The number of ether oxygens (including phenoxy) is 1. The maximum absolute atomic E-state index is 5.53. The molecule has 1 aliphatic heterocycles. The van der Waals surface area contributed by atoms with Gasteiger partial charge in [-0.05, 0) is 12.3 Å². The Morgan fingerprint density at radius 2 is 2.44 bits per heavy atom. The van der Waals surface area contributed by atoms with Crippen molar-refractivity contribution in [1.29, 1.82) is 0 Å². The zero-order chi connectivity index (χ0) is 5.61. The van der Waals surface area contributed by atoms with Crippen molar-refractivity contribution in [3.63, 3.8) is 0 Å². The summed E-state index contributed by atoms with van der Waals surface area (Å²) in [5.41, 5.74) is 5.99. The summed E-state index contributed by atoms with van der Waals surface area (Å²) in [7, 11) is 0. The fourth-order valence-electron chi connectivity index (χ4n) is 1.56. The van der Waals surface area contributed by atoms with Crippen LogP contribution in [0.2, 0.25) is 0 Å². The normalized spacial score (nSPS) is 45.7. The largest absolute Gasteiger partial charge is 0.380 e. The summed E-state index contributed by atoms with van der Waals surface area (Å²) in [6, 6.07) is 0. The zero-order valence-electron chi connectivity index (χ0n) is 5.30. The van der Waals surface area contributed by atoms with E-state index in [4.69, 9.17) is 10.5 Å². The summed E-state index contributed by atoms with van der Waals surface area (Å²) >= 11 is 0. The molecule has 2 atom stereocenters. The minimum atomic E-state index is 0. The third-order valence-electron chi connectivity index (χ3n) is 2.47. The van der Waals surface area contributed by atoms with Gasteiger partial charge in [-0.15, -0.1) is 12.4 Å². The van der Waals surface area contributed by atoms with Gasteiger partial charge in [0.25, 0.3) is 0 Å². The van der Waals surface area contributed by atoms with Crippen molar-refractivity contribution in [1.82, 2.24) is 0 Å². The highest BCUT2D eigenvalue weighted by Gasteiger charge is 2.56. The van der Waals surface area contributed by atoms with Crippen LogP contribution >= 0.6 is 12.4 Å². The summed E-state index contributed by atoms with van der Waals surface area (Å²) in [4.78, 5) is 0. The van der Waals surface area contributed by atoms with Gasteiger partial charge in [0.2, 0.25) is 0 Å². The predicted molar refractivity (Wildman–Crippen MR) is 37.7 cm³/mol. The SMILES string of the molecule is Cl.NC[C@]12COC[C@H]1C2. The minimum Gasteiger partial charge on any atom is -0.380 e. The molecule has 1 saturated heterocycles. The van der Waals surface area contributed by atoms with Gasteiger partial charge in [-0.1, -0.05) is 0 Å². The fraction of sp³-hybridized carbons (Fsp3) is 1.00. The highest BCUT2D eigenvalue weighted by molar-refractivity contribution is 5.85. The van der Waals surface area contributed by atoms with Gasteiger partial charge in [0.05, 0.1) is 13.2 Å². The zero-order valence-corrected chi connectivity index (χ0v) is 6.12. The third kappa shape index (κ3) is 0.858. The van der Waals surface area contributed by atoms with Crippen LogP contribution in [-0.2, 0) is 4.74 Å². The van der Waals surface area contributed by atoms with Crippen LogP contribution < -0.4 is 5.73 Å². The number of fused-ring (bicyclic) bond motifs is 1. The Morgan fingerprint density at radius 1 is 1.67 bits per heavy atom. The van der Waals surface area contributed by atoms with Gasteiger partial charge in [-0.2, -0.15) is 0 Å². The van der Waals surface area contributed by atoms with Crippen molar-refractivity contribution in [3.05, 3.63) is 0 Å². The summed E-state index contributed by atoms with van der Waals surface area (Å²) in [5, 5.41) is 0. The van der Waals surface area contributed by atoms with Gasteiger partial charge in [-0.25, -0.2) is 0 Å². The molecule has 2 rings (SSSR count). The number of nitrogens with two attached hydrogens (primary N) is 1. The summed E-state index contributed by atoms with van der Waals surface area (Å²) in [6.07, 6.45) is 1.32. The summed E-state index contributed by atoms with van der Waals surface area (Å²) in [6.45, 7) is 2.73. The first kappa shape index (κ1) is 7.32. The molecular weight excluding hydrogens is 138 g/mol.